The van der Waals surface area contributed by atoms with Crippen molar-refractivity contribution in [1.29, 1.82) is 0 Å². The highest BCUT2D eigenvalue weighted by Crippen LogP contribution is 2.20. The van der Waals surface area contributed by atoms with Gasteiger partial charge in [-0.3, -0.25) is 14.8 Å². The highest BCUT2D eigenvalue weighted by atomic mass is 35.5. The Labute approximate surface area is 142 Å². The maximum absolute atomic E-state index is 12.8. The second-order valence-corrected chi connectivity index (χ2v) is 5.20. The molecule has 0 saturated heterocycles. The summed E-state index contributed by atoms with van der Waals surface area (Å²) in [5, 5.41) is 8.80. The topological polar surface area (TPSA) is 66.4 Å². The van der Waals surface area contributed by atoms with Crippen molar-refractivity contribution in [3.8, 4) is 0 Å². The molecule has 0 unspecified atom stereocenters. The molecule has 2 rings (SSSR count). The molecule has 0 fully saturated rings. The molecule has 0 aromatic heterocycles. The maximum atomic E-state index is 12.8. The van der Waals surface area contributed by atoms with Crippen molar-refractivity contribution in [3.63, 3.8) is 0 Å². The number of carbonyl (C=O) groups is 2. The molecule has 122 valence electrons. The van der Waals surface area contributed by atoms with E-state index in [1.807, 2.05) is 0 Å². The quantitative estimate of drug-likeness (QED) is 0.374. The lowest BCUT2D eigenvalue weighted by atomic mass is 10.1. The highest BCUT2D eigenvalue weighted by Gasteiger charge is 2.03. The summed E-state index contributed by atoms with van der Waals surface area (Å²) in [6.45, 7) is 0. The van der Waals surface area contributed by atoms with Crippen LogP contribution in [0.3, 0.4) is 0 Å². The van der Waals surface area contributed by atoms with Crippen LogP contribution in [0, 0.1) is 5.82 Å². The Morgan fingerprint density at radius 2 is 1.75 bits per heavy atom. The van der Waals surface area contributed by atoms with Gasteiger partial charge in [-0.2, -0.15) is 0 Å². The lowest BCUT2D eigenvalue weighted by Gasteiger charge is -2.01. The molecule has 0 atom stereocenters. The molecule has 2 aromatic rings. The van der Waals surface area contributed by atoms with Crippen LogP contribution in [0.5, 0.6) is 0 Å². The fourth-order valence-corrected chi connectivity index (χ4v) is 2.12. The Balaban J connectivity index is 2.12. The monoisotopic (exact) mass is 345 g/mol. The molecule has 0 aliphatic carbocycles. The zero-order valence-electron chi connectivity index (χ0n) is 12.4. The fraction of sp³-hybridized carbons (Fsp3) is 0. The summed E-state index contributed by atoms with van der Waals surface area (Å²) in [4.78, 5) is 22.9. The van der Waals surface area contributed by atoms with Gasteiger partial charge >= 0.3 is 0 Å². The van der Waals surface area contributed by atoms with Crippen LogP contribution in [-0.4, -0.2) is 16.9 Å². The van der Waals surface area contributed by atoms with E-state index in [0.717, 1.165) is 6.08 Å². The first kappa shape index (κ1) is 17.6. The van der Waals surface area contributed by atoms with Gasteiger partial charge in [-0.05, 0) is 59.7 Å². The van der Waals surface area contributed by atoms with Crippen LogP contribution in [0.15, 0.2) is 54.6 Å². The number of carbonyl (C=O) groups excluding carboxylic acids is 2. The fourth-order valence-electron chi connectivity index (χ4n) is 1.87. The SMILES string of the molecule is O=C(/C=C/c1ccc(/C=C/C(=O)c2ccc(F)cc2)c(Cl)c1)NO. The first-order chi connectivity index (χ1) is 11.5. The molecule has 1 amide bonds. The molecule has 0 aliphatic rings. The number of nitrogens with one attached hydrogen (secondary N) is 1. The van der Waals surface area contributed by atoms with E-state index in [4.69, 9.17) is 16.8 Å². The first-order valence-corrected chi connectivity index (χ1v) is 7.27. The Morgan fingerprint density at radius 1 is 1.04 bits per heavy atom. The summed E-state index contributed by atoms with van der Waals surface area (Å²) in [5.41, 5.74) is 3.13. The molecule has 0 heterocycles. The summed E-state index contributed by atoms with van der Waals surface area (Å²) < 4.78 is 12.8. The summed E-state index contributed by atoms with van der Waals surface area (Å²) in [6.07, 6.45) is 5.54. The van der Waals surface area contributed by atoms with Crippen LogP contribution in [0.25, 0.3) is 12.2 Å². The average molecular weight is 346 g/mol. The molecule has 2 aromatic carbocycles. The van der Waals surface area contributed by atoms with Crippen molar-refractivity contribution < 1.29 is 19.2 Å². The van der Waals surface area contributed by atoms with Gasteiger partial charge in [0, 0.05) is 16.7 Å². The van der Waals surface area contributed by atoms with Crippen molar-refractivity contribution in [2.75, 3.05) is 0 Å². The summed E-state index contributed by atoms with van der Waals surface area (Å²) >= 11 is 6.13. The molecule has 6 heteroatoms. The van der Waals surface area contributed by atoms with E-state index >= 15 is 0 Å². The second kappa shape index (κ2) is 8.19. The van der Waals surface area contributed by atoms with Gasteiger partial charge in [0.15, 0.2) is 5.78 Å². The number of hydrogen-bond donors (Lipinski definition) is 2. The Kier molecular flexibility index (Phi) is 6.01. The zero-order chi connectivity index (χ0) is 17.5. The predicted octanol–water partition coefficient (Wildman–Crippen LogP) is 3.89. The number of amides is 1. The minimum Gasteiger partial charge on any atom is -0.289 e. The number of rotatable bonds is 5. The maximum Gasteiger partial charge on any atom is 0.267 e. The van der Waals surface area contributed by atoms with Crippen LogP contribution >= 0.6 is 11.6 Å². The van der Waals surface area contributed by atoms with Crippen molar-refractivity contribution in [1.82, 2.24) is 5.48 Å². The third-order valence-corrected chi connectivity index (χ3v) is 3.43. The van der Waals surface area contributed by atoms with Crippen molar-refractivity contribution in [2.24, 2.45) is 0 Å². The number of hydrogen-bond acceptors (Lipinski definition) is 3. The minimum atomic E-state index is -0.653. The van der Waals surface area contributed by atoms with Gasteiger partial charge in [-0.15, -0.1) is 0 Å². The largest absolute Gasteiger partial charge is 0.289 e. The molecule has 0 saturated carbocycles. The average Bonchev–Trinajstić information content (AvgIpc) is 2.59. The van der Waals surface area contributed by atoms with Gasteiger partial charge in [-0.25, -0.2) is 9.87 Å². The van der Waals surface area contributed by atoms with Gasteiger partial charge in [0.1, 0.15) is 5.82 Å². The van der Waals surface area contributed by atoms with Gasteiger partial charge in [-0.1, -0.05) is 23.7 Å². The Hall–Kier alpha value is -2.76. The van der Waals surface area contributed by atoms with Crippen molar-refractivity contribution in [2.45, 2.75) is 0 Å². The van der Waals surface area contributed by atoms with Gasteiger partial charge < -0.3 is 0 Å². The summed E-state index contributed by atoms with van der Waals surface area (Å²) in [5.74, 6) is -1.33. The normalized spacial score (nSPS) is 11.1. The van der Waals surface area contributed by atoms with E-state index in [2.05, 4.69) is 0 Å². The third kappa shape index (κ3) is 4.87. The molecule has 0 radical (unpaired) electrons. The molecule has 0 spiro atoms. The zero-order valence-corrected chi connectivity index (χ0v) is 13.1. The number of halogens is 2. The summed E-state index contributed by atoms with van der Waals surface area (Å²) in [7, 11) is 0. The Bertz CT molecular complexity index is 814. The van der Waals surface area contributed by atoms with Gasteiger partial charge in [0.25, 0.3) is 5.91 Å². The van der Waals surface area contributed by atoms with Crippen LogP contribution in [0.4, 0.5) is 4.39 Å². The molecular formula is C18H13ClFNO3. The minimum absolute atomic E-state index is 0.269. The van der Waals surface area contributed by atoms with Gasteiger partial charge in [0.05, 0.1) is 0 Å². The molecule has 24 heavy (non-hydrogen) atoms. The number of allylic oxidation sites excluding steroid dienone is 1. The highest BCUT2D eigenvalue weighted by molar-refractivity contribution is 6.32. The lowest BCUT2D eigenvalue weighted by Crippen LogP contribution is -2.14. The molecule has 0 bridgehead atoms. The number of ketones is 1. The van der Waals surface area contributed by atoms with E-state index in [0.29, 0.717) is 21.7 Å². The molecule has 2 N–H and O–H groups in total. The van der Waals surface area contributed by atoms with E-state index in [9.17, 15) is 14.0 Å². The Morgan fingerprint density at radius 3 is 2.38 bits per heavy atom. The number of benzene rings is 2. The van der Waals surface area contributed by atoms with Crippen LogP contribution in [0.2, 0.25) is 5.02 Å². The van der Waals surface area contributed by atoms with E-state index in [1.54, 1.807) is 24.3 Å². The predicted molar refractivity (Wildman–Crippen MR) is 90.2 cm³/mol. The van der Waals surface area contributed by atoms with Crippen LogP contribution in [-0.2, 0) is 4.79 Å². The number of hydroxylamine groups is 1. The molecule has 0 aliphatic heterocycles. The smallest absolute Gasteiger partial charge is 0.267 e. The summed E-state index contributed by atoms with van der Waals surface area (Å²) in [6, 6.07) is 10.3. The van der Waals surface area contributed by atoms with Crippen LogP contribution < -0.4 is 5.48 Å². The second-order valence-electron chi connectivity index (χ2n) is 4.79. The lowest BCUT2D eigenvalue weighted by molar-refractivity contribution is -0.124. The van der Waals surface area contributed by atoms with Crippen molar-refractivity contribution in [3.05, 3.63) is 82.1 Å². The van der Waals surface area contributed by atoms with Gasteiger partial charge in [0.2, 0.25) is 0 Å². The third-order valence-electron chi connectivity index (χ3n) is 3.10. The van der Waals surface area contributed by atoms with E-state index in [1.165, 1.54) is 41.9 Å². The first-order valence-electron chi connectivity index (χ1n) is 6.89. The van der Waals surface area contributed by atoms with Crippen LogP contribution in [0.1, 0.15) is 21.5 Å². The molecular weight excluding hydrogens is 333 g/mol. The standard InChI is InChI=1S/C18H13ClFNO3/c19-16-11-12(2-10-18(23)21-24)1-3-13(16)6-9-17(22)14-4-7-15(20)8-5-14/h1-11,24H,(H,21,23)/b9-6+,10-2+. The molecule has 4 nitrogen and oxygen atoms in total. The van der Waals surface area contributed by atoms with E-state index in [-0.39, 0.29) is 5.78 Å². The van der Waals surface area contributed by atoms with Crippen molar-refractivity contribution >= 4 is 35.4 Å². The van der Waals surface area contributed by atoms with E-state index < -0.39 is 11.7 Å².